The zero-order valence-electron chi connectivity index (χ0n) is 18.6. The van der Waals surface area contributed by atoms with Crippen LogP contribution in [0.3, 0.4) is 0 Å². The molecule has 0 saturated heterocycles. The molecule has 0 spiro atoms. The van der Waals surface area contributed by atoms with E-state index in [-0.39, 0.29) is 24.6 Å². The third-order valence-electron chi connectivity index (χ3n) is 5.53. The molecule has 0 aliphatic heterocycles. The van der Waals surface area contributed by atoms with Crippen molar-refractivity contribution in [3.8, 4) is 0 Å². The number of H-pyrrole nitrogens is 1. The van der Waals surface area contributed by atoms with Gasteiger partial charge in [0.15, 0.2) is 0 Å². The lowest BCUT2D eigenvalue weighted by Gasteiger charge is -2.21. The summed E-state index contributed by atoms with van der Waals surface area (Å²) in [6, 6.07) is 4.44. The molecule has 11 heteroatoms. The summed E-state index contributed by atoms with van der Waals surface area (Å²) in [5.41, 5.74) is 7.51. The van der Waals surface area contributed by atoms with Gasteiger partial charge in [-0.1, -0.05) is 38.5 Å². The van der Waals surface area contributed by atoms with Crippen LogP contribution in [0.25, 0.3) is 10.9 Å². The molecule has 7 N–H and O–H groups in total. The molecule has 0 bridgehead atoms. The number of aromatic amines is 1. The molecule has 1 aromatic heterocycles. The van der Waals surface area contributed by atoms with Crippen molar-refractivity contribution in [1.82, 2.24) is 20.9 Å². The Labute approximate surface area is 197 Å². The van der Waals surface area contributed by atoms with Crippen molar-refractivity contribution in [1.29, 1.82) is 0 Å². The summed E-state index contributed by atoms with van der Waals surface area (Å²) < 4.78 is 0. The normalized spacial score (nSPS) is 14.7. The standard InChI is InChI=1S/C22H31N5O5S/c1-3-12(2)19(23)21(30)25-10-18(28)26-16(20(29)27-17(11-33)22(31)32)8-13-9-24-15-7-5-4-6-14(13)15/h4-7,9,12,16-17,19,24,33H,3,8,10-11,23H2,1-2H3,(H,25,30)(H,26,28)(H,27,29)(H,31,32). The summed E-state index contributed by atoms with van der Waals surface area (Å²) in [6.45, 7) is 3.38. The van der Waals surface area contributed by atoms with E-state index in [1.54, 1.807) is 6.20 Å². The van der Waals surface area contributed by atoms with Crippen LogP contribution in [0.5, 0.6) is 0 Å². The van der Waals surface area contributed by atoms with Crippen molar-refractivity contribution >= 4 is 47.2 Å². The zero-order valence-corrected chi connectivity index (χ0v) is 19.5. The van der Waals surface area contributed by atoms with Crippen LogP contribution in [0.2, 0.25) is 0 Å². The summed E-state index contributed by atoms with van der Waals surface area (Å²) in [7, 11) is 0. The molecule has 0 aliphatic rings. The second-order valence-electron chi connectivity index (χ2n) is 7.89. The molecule has 3 amide bonds. The second kappa shape index (κ2) is 12.3. The summed E-state index contributed by atoms with van der Waals surface area (Å²) in [5.74, 6) is -3.13. The van der Waals surface area contributed by atoms with Crippen molar-refractivity contribution in [3.05, 3.63) is 36.0 Å². The van der Waals surface area contributed by atoms with E-state index in [9.17, 15) is 24.3 Å². The quantitative estimate of drug-likeness (QED) is 0.215. The van der Waals surface area contributed by atoms with Gasteiger partial charge < -0.3 is 31.8 Å². The van der Waals surface area contributed by atoms with Crippen LogP contribution in [0.15, 0.2) is 30.5 Å². The molecule has 0 aliphatic carbocycles. The molecule has 4 unspecified atom stereocenters. The topological polar surface area (TPSA) is 166 Å². The Morgan fingerprint density at radius 3 is 2.45 bits per heavy atom. The van der Waals surface area contributed by atoms with Gasteiger partial charge in [-0.05, 0) is 17.5 Å². The Kier molecular flexibility index (Phi) is 9.74. The number of nitrogens with two attached hydrogens (primary N) is 1. The van der Waals surface area contributed by atoms with Crippen LogP contribution in [0.4, 0.5) is 0 Å². The number of rotatable bonds is 12. The molecule has 0 radical (unpaired) electrons. The third-order valence-corrected chi connectivity index (χ3v) is 5.90. The Bertz CT molecular complexity index is 994. The lowest BCUT2D eigenvalue weighted by molar-refractivity contribution is -0.141. The molecule has 1 aromatic carbocycles. The Hall–Kier alpha value is -3.05. The number of carbonyl (C=O) groups excluding carboxylic acids is 3. The summed E-state index contributed by atoms with van der Waals surface area (Å²) >= 11 is 3.96. The number of aromatic nitrogens is 1. The number of aliphatic carboxylic acids is 1. The minimum absolute atomic E-state index is 0.0531. The van der Waals surface area contributed by atoms with Gasteiger partial charge in [-0.2, -0.15) is 12.6 Å². The van der Waals surface area contributed by atoms with Crippen LogP contribution in [0.1, 0.15) is 25.8 Å². The van der Waals surface area contributed by atoms with Gasteiger partial charge >= 0.3 is 5.97 Å². The molecule has 4 atom stereocenters. The number of carbonyl (C=O) groups is 4. The van der Waals surface area contributed by atoms with E-state index < -0.39 is 41.8 Å². The largest absolute Gasteiger partial charge is 0.480 e. The third kappa shape index (κ3) is 7.22. The highest BCUT2D eigenvalue weighted by Crippen LogP contribution is 2.19. The molecule has 33 heavy (non-hydrogen) atoms. The van der Waals surface area contributed by atoms with Crippen molar-refractivity contribution < 1.29 is 24.3 Å². The highest BCUT2D eigenvalue weighted by Gasteiger charge is 2.27. The second-order valence-corrected chi connectivity index (χ2v) is 8.26. The van der Waals surface area contributed by atoms with Gasteiger partial charge in [0.05, 0.1) is 12.6 Å². The number of amides is 3. The lowest BCUT2D eigenvalue weighted by atomic mass is 9.99. The predicted octanol–water partition coefficient (Wildman–Crippen LogP) is 0.184. The van der Waals surface area contributed by atoms with E-state index in [4.69, 9.17) is 5.73 Å². The average Bonchev–Trinajstić information content (AvgIpc) is 3.21. The Morgan fingerprint density at radius 2 is 1.82 bits per heavy atom. The number of para-hydroxylation sites is 1. The average molecular weight is 478 g/mol. The maximum Gasteiger partial charge on any atom is 0.327 e. The van der Waals surface area contributed by atoms with Crippen LogP contribution in [-0.2, 0) is 25.6 Å². The van der Waals surface area contributed by atoms with Gasteiger partial charge in [-0.15, -0.1) is 0 Å². The summed E-state index contributed by atoms with van der Waals surface area (Å²) in [5, 5.41) is 17.6. The molecule has 2 rings (SSSR count). The van der Waals surface area contributed by atoms with E-state index in [1.807, 2.05) is 38.1 Å². The number of carboxylic acid groups (broad SMARTS) is 1. The predicted molar refractivity (Wildman–Crippen MR) is 128 cm³/mol. The smallest absolute Gasteiger partial charge is 0.327 e. The van der Waals surface area contributed by atoms with Crippen molar-refractivity contribution in [2.45, 2.75) is 44.8 Å². The molecule has 1 heterocycles. The van der Waals surface area contributed by atoms with E-state index in [0.717, 1.165) is 16.5 Å². The fourth-order valence-electron chi connectivity index (χ4n) is 3.23. The molecular formula is C22H31N5O5S. The molecule has 0 saturated carbocycles. The number of hydrogen-bond donors (Lipinski definition) is 7. The molecular weight excluding hydrogens is 446 g/mol. The van der Waals surface area contributed by atoms with Crippen molar-refractivity contribution in [2.75, 3.05) is 12.3 Å². The van der Waals surface area contributed by atoms with Gasteiger partial charge in [0.2, 0.25) is 17.7 Å². The van der Waals surface area contributed by atoms with Gasteiger partial charge in [-0.25, -0.2) is 4.79 Å². The number of nitrogens with one attached hydrogen (secondary N) is 4. The maximum absolute atomic E-state index is 12.8. The number of fused-ring (bicyclic) bond motifs is 1. The van der Waals surface area contributed by atoms with Gasteiger partial charge in [-0.3, -0.25) is 14.4 Å². The van der Waals surface area contributed by atoms with E-state index in [0.29, 0.717) is 6.42 Å². The van der Waals surface area contributed by atoms with Crippen LogP contribution in [0, 0.1) is 5.92 Å². The zero-order chi connectivity index (χ0) is 24.5. The fraction of sp³-hybridized carbons (Fsp3) is 0.455. The number of carboxylic acids is 1. The minimum atomic E-state index is -1.23. The van der Waals surface area contributed by atoms with Gasteiger partial charge in [0, 0.05) is 29.3 Å². The molecule has 2 aromatic rings. The van der Waals surface area contributed by atoms with Gasteiger partial charge in [0.25, 0.3) is 0 Å². The Morgan fingerprint density at radius 1 is 1.12 bits per heavy atom. The SMILES string of the molecule is CCC(C)C(N)C(=O)NCC(=O)NC(Cc1c[nH]c2ccccc12)C(=O)NC(CS)C(=O)O. The number of thiol groups is 1. The molecule has 10 nitrogen and oxygen atoms in total. The van der Waals surface area contributed by atoms with E-state index >= 15 is 0 Å². The van der Waals surface area contributed by atoms with Crippen LogP contribution in [-0.4, -0.2) is 64.2 Å². The maximum atomic E-state index is 12.8. The van der Waals surface area contributed by atoms with Gasteiger partial charge in [0.1, 0.15) is 12.1 Å². The molecule has 0 fully saturated rings. The first-order chi connectivity index (χ1) is 15.7. The molecule has 180 valence electrons. The van der Waals surface area contributed by atoms with Crippen molar-refractivity contribution in [3.63, 3.8) is 0 Å². The summed E-state index contributed by atoms with van der Waals surface area (Å²) in [4.78, 5) is 51.9. The lowest BCUT2D eigenvalue weighted by Crippen LogP contribution is -2.55. The fourth-order valence-corrected chi connectivity index (χ4v) is 3.48. The van der Waals surface area contributed by atoms with Crippen LogP contribution < -0.4 is 21.7 Å². The highest BCUT2D eigenvalue weighted by atomic mass is 32.1. The number of benzene rings is 1. The highest BCUT2D eigenvalue weighted by molar-refractivity contribution is 7.80. The van der Waals surface area contributed by atoms with Crippen LogP contribution >= 0.6 is 12.6 Å². The Balaban J connectivity index is 2.12. The monoisotopic (exact) mass is 477 g/mol. The van der Waals surface area contributed by atoms with E-state index in [1.165, 1.54) is 0 Å². The van der Waals surface area contributed by atoms with Crippen molar-refractivity contribution in [2.24, 2.45) is 11.7 Å². The number of hydrogen-bond acceptors (Lipinski definition) is 6. The minimum Gasteiger partial charge on any atom is -0.480 e. The first kappa shape index (κ1) is 26.2. The summed E-state index contributed by atoms with van der Waals surface area (Å²) in [6.07, 6.45) is 2.56. The first-order valence-corrected chi connectivity index (χ1v) is 11.3. The van der Waals surface area contributed by atoms with E-state index in [2.05, 4.69) is 33.6 Å². The first-order valence-electron chi connectivity index (χ1n) is 10.7.